The predicted molar refractivity (Wildman–Crippen MR) is 62.3 cm³/mol. The van der Waals surface area contributed by atoms with Crippen molar-refractivity contribution < 1.29 is 9.59 Å². The minimum Gasteiger partial charge on any atom is -0.325 e. The van der Waals surface area contributed by atoms with E-state index in [1.54, 1.807) is 0 Å². The van der Waals surface area contributed by atoms with Gasteiger partial charge in [0.15, 0.2) is 0 Å². The molecule has 88 valence electrons. The van der Waals surface area contributed by atoms with Crippen LogP contribution in [-0.2, 0) is 11.2 Å². The largest absolute Gasteiger partial charge is 0.325 e. The van der Waals surface area contributed by atoms with Gasteiger partial charge in [0.2, 0.25) is 0 Å². The van der Waals surface area contributed by atoms with Crippen LogP contribution in [0.2, 0.25) is 0 Å². The van der Waals surface area contributed by atoms with E-state index in [-0.39, 0.29) is 24.0 Å². The molecule has 17 heavy (non-hydrogen) atoms. The summed E-state index contributed by atoms with van der Waals surface area (Å²) in [5.41, 5.74) is 1.07. The fraction of sp³-hybridized carbons (Fsp3) is 0.385. The van der Waals surface area contributed by atoms with Gasteiger partial charge in [0.25, 0.3) is 5.91 Å². The second-order valence-corrected chi connectivity index (χ2v) is 4.63. The molecule has 1 atom stereocenters. The molecule has 1 aromatic rings. The molecule has 0 aromatic heterocycles. The zero-order chi connectivity index (χ0) is 11.8. The Morgan fingerprint density at radius 3 is 2.53 bits per heavy atom. The van der Waals surface area contributed by atoms with Gasteiger partial charge >= 0.3 is 6.03 Å². The number of nitrogens with zero attached hydrogens (tertiary/aromatic N) is 1. The molecule has 2 aliphatic rings. The summed E-state index contributed by atoms with van der Waals surface area (Å²) in [5, 5.41) is 2.76. The minimum atomic E-state index is -0.384. The van der Waals surface area contributed by atoms with Crippen molar-refractivity contribution in [3.63, 3.8) is 0 Å². The Hall–Kier alpha value is -1.84. The standard InChI is InChI=1S/C13H14N2O2/c16-12-11(8-9-4-2-1-3-5-9)14-13(17)15(12)10-6-7-10/h1-5,10-11H,6-8H2,(H,14,17)/t11-/m0/s1. The first-order valence-corrected chi connectivity index (χ1v) is 5.93. The molecule has 0 spiro atoms. The van der Waals surface area contributed by atoms with Crippen molar-refractivity contribution in [3.05, 3.63) is 35.9 Å². The van der Waals surface area contributed by atoms with Crippen LogP contribution in [0.15, 0.2) is 30.3 Å². The number of nitrogens with one attached hydrogen (secondary N) is 1. The number of imide groups is 1. The van der Waals surface area contributed by atoms with E-state index in [2.05, 4.69) is 5.32 Å². The van der Waals surface area contributed by atoms with Crippen molar-refractivity contribution in [1.29, 1.82) is 0 Å². The van der Waals surface area contributed by atoms with E-state index < -0.39 is 0 Å². The number of hydrogen-bond donors (Lipinski definition) is 1. The van der Waals surface area contributed by atoms with Crippen molar-refractivity contribution in [2.75, 3.05) is 0 Å². The second-order valence-electron chi connectivity index (χ2n) is 4.63. The molecule has 1 N–H and O–H groups in total. The zero-order valence-corrected chi connectivity index (χ0v) is 9.43. The van der Waals surface area contributed by atoms with Gasteiger partial charge in [-0.15, -0.1) is 0 Å². The van der Waals surface area contributed by atoms with E-state index in [1.165, 1.54) is 4.90 Å². The summed E-state index contributed by atoms with van der Waals surface area (Å²) in [6.07, 6.45) is 2.49. The van der Waals surface area contributed by atoms with Gasteiger partial charge in [-0.05, 0) is 18.4 Å². The van der Waals surface area contributed by atoms with Crippen molar-refractivity contribution in [2.45, 2.75) is 31.3 Å². The molecule has 3 rings (SSSR count). The monoisotopic (exact) mass is 230 g/mol. The number of amides is 3. The van der Waals surface area contributed by atoms with Gasteiger partial charge in [0.1, 0.15) is 6.04 Å². The third kappa shape index (κ3) is 1.90. The number of carbonyl (C=O) groups excluding carboxylic acids is 2. The van der Waals surface area contributed by atoms with Crippen LogP contribution in [0, 0.1) is 0 Å². The van der Waals surface area contributed by atoms with E-state index in [0.717, 1.165) is 18.4 Å². The summed E-state index contributed by atoms with van der Waals surface area (Å²) >= 11 is 0. The van der Waals surface area contributed by atoms with E-state index in [4.69, 9.17) is 0 Å². The molecule has 1 saturated heterocycles. The first kappa shape index (κ1) is 10.3. The van der Waals surface area contributed by atoms with Crippen molar-refractivity contribution in [3.8, 4) is 0 Å². The summed E-state index contributed by atoms with van der Waals surface area (Å²) in [7, 11) is 0. The molecule has 0 radical (unpaired) electrons. The summed E-state index contributed by atoms with van der Waals surface area (Å²) < 4.78 is 0. The van der Waals surface area contributed by atoms with Crippen LogP contribution >= 0.6 is 0 Å². The van der Waals surface area contributed by atoms with Gasteiger partial charge in [-0.2, -0.15) is 0 Å². The van der Waals surface area contributed by atoms with Gasteiger partial charge in [-0.25, -0.2) is 4.79 Å². The molecule has 0 unspecified atom stereocenters. The van der Waals surface area contributed by atoms with Gasteiger partial charge in [0.05, 0.1) is 0 Å². The average Bonchev–Trinajstić information content (AvgIpc) is 3.10. The number of carbonyl (C=O) groups is 2. The van der Waals surface area contributed by atoms with Crippen LogP contribution in [0.3, 0.4) is 0 Å². The molecule has 4 nitrogen and oxygen atoms in total. The van der Waals surface area contributed by atoms with Crippen LogP contribution in [0.5, 0.6) is 0 Å². The van der Waals surface area contributed by atoms with Crippen LogP contribution in [0.25, 0.3) is 0 Å². The fourth-order valence-corrected chi connectivity index (χ4v) is 2.21. The third-order valence-electron chi connectivity index (χ3n) is 3.25. The Labute approximate surface area is 99.6 Å². The highest BCUT2D eigenvalue weighted by Gasteiger charge is 2.45. The Bertz CT molecular complexity index is 454. The van der Waals surface area contributed by atoms with Crippen molar-refractivity contribution in [1.82, 2.24) is 10.2 Å². The Balaban J connectivity index is 1.73. The van der Waals surface area contributed by atoms with Crippen LogP contribution < -0.4 is 5.32 Å². The molecule has 1 saturated carbocycles. The number of rotatable bonds is 3. The molecule has 1 heterocycles. The highest BCUT2D eigenvalue weighted by atomic mass is 16.2. The maximum Gasteiger partial charge on any atom is 0.325 e. The molecule has 2 fully saturated rings. The summed E-state index contributed by atoms with van der Waals surface area (Å²) in [5.74, 6) is -0.0682. The normalized spacial score (nSPS) is 24.0. The highest BCUT2D eigenvalue weighted by Crippen LogP contribution is 2.30. The Morgan fingerprint density at radius 2 is 1.88 bits per heavy atom. The molecule has 1 aliphatic carbocycles. The zero-order valence-electron chi connectivity index (χ0n) is 9.43. The molecule has 4 heteroatoms. The Kier molecular flexibility index (Phi) is 2.35. The predicted octanol–water partition coefficient (Wildman–Crippen LogP) is 1.31. The maximum atomic E-state index is 12.0. The Morgan fingerprint density at radius 1 is 1.18 bits per heavy atom. The first-order valence-electron chi connectivity index (χ1n) is 5.93. The first-order chi connectivity index (χ1) is 8.25. The lowest BCUT2D eigenvalue weighted by Gasteiger charge is -2.11. The molecule has 1 aliphatic heterocycles. The molecule has 0 bridgehead atoms. The molecular formula is C13H14N2O2. The smallest absolute Gasteiger partial charge is 0.325 e. The fourth-order valence-electron chi connectivity index (χ4n) is 2.21. The van der Waals surface area contributed by atoms with E-state index in [9.17, 15) is 9.59 Å². The quantitative estimate of drug-likeness (QED) is 0.796. The van der Waals surface area contributed by atoms with Gasteiger partial charge in [-0.1, -0.05) is 30.3 Å². The van der Waals surface area contributed by atoms with Gasteiger partial charge in [0, 0.05) is 12.5 Å². The average molecular weight is 230 g/mol. The molecule has 1 aromatic carbocycles. The molecular weight excluding hydrogens is 216 g/mol. The lowest BCUT2D eigenvalue weighted by Crippen LogP contribution is -2.34. The van der Waals surface area contributed by atoms with E-state index in [1.807, 2.05) is 30.3 Å². The SMILES string of the molecule is O=C1N[C@@H](Cc2ccccc2)C(=O)N1C1CC1. The van der Waals surface area contributed by atoms with Crippen molar-refractivity contribution >= 4 is 11.9 Å². The number of hydrogen-bond acceptors (Lipinski definition) is 2. The minimum absolute atomic E-state index is 0.0682. The van der Waals surface area contributed by atoms with E-state index >= 15 is 0 Å². The lowest BCUT2D eigenvalue weighted by molar-refractivity contribution is -0.127. The third-order valence-corrected chi connectivity index (χ3v) is 3.25. The number of benzene rings is 1. The van der Waals surface area contributed by atoms with E-state index in [0.29, 0.717) is 6.42 Å². The molecule has 3 amide bonds. The van der Waals surface area contributed by atoms with Crippen LogP contribution in [-0.4, -0.2) is 28.9 Å². The second kappa shape index (κ2) is 3.87. The summed E-state index contributed by atoms with van der Waals surface area (Å²) in [4.78, 5) is 25.1. The number of urea groups is 1. The van der Waals surface area contributed by atoms with Gasteiger partial charge in [-0.3, -0.25) is 9.69 Å². The van der Waals surface area contributed by atoms with Crippen molar-refractivity contribution in [2.24, 2.45) is 0 Å². The topological polar surface area (TPSA) is 49.4 Å². The summed E-state index contributed by atoms with van der Waals surface area (Å²) in [6, 6.07) is 9.31. The lowest BCUT2D eigenvalue weighted by atomic mass is 10.1. The van der Waals surface area contributed by atoms with Gasteiger partial charge < -0.3 is 5.32 Å². The summed E-state index contributed by atoms with van der Waals surface area (Å²) in [6.45, 7) is 0. The maximum absolute atomic E-state index is 12.0. The highest BCUT2D eigenvalue weighted by molar-refractivity contribution is 6.04. The van der Waals surface area contributed by atoms with Crippen LogP contribution in [0.1, 0.15) is 18.4 Å². The van der Waals surface area contributed by atoms with Crippen LogP contribution in [0.4, 0.5) is 4.79 Å².